The van der Waals surface area contributed by atoms with Gasteiger partial charge in [0.15, 0.2) is 0 Å². The molecule has 3 aliphatic heterocycles. The van der Waals surface area contributed by atoms with Crippen LogP contribution in [0.5, 0.6) is 0 Å². The highest BCUT2D eigenvalue weighted by Gasteiger charge is 2.41. The van der Waals surface area contributed by atoms with Gasteiger partial charge in [0.25, 0.3) is 0 Å². The lowest BCUT2D eigenvalue weighted by Crippen LogP contribution is -2.58. The summed E-state index contributed by atoms with van der Waals surface area (Å²) < 4.78 is 28.0. The highest BCUT2D eigenvalue weighted by Crippen LogP contribution is 2.41. The van der Waals surface area contributed by atoms with Crippen molar-refractivity contribution in [3.63, 3.8) is 0 Å². The predicted molar refractivity (Wildman–Crippen MR) is 149 cm³/mol. The normalized spacial score (nSPS) is 20.0. The Labute approximate surface area is 225 Å². The molecule has 3 aliphatic rings. The van der Waals surface area contributed by atoms with Crippen LogP contribution in [0.25, 0.3) is 0 Å². The second kappa shape index (κ2) is 10.9. The fraction of sp³-hybridized carbons (Fsp3) is 0.500. The van der Waals surface area contributed by atoms with E-state index in [1.54, 1.807) is 12.1 Å². The maximum Gasteiger partial charge on any atom is 0.250 e. The van der Waals surface area contributed by atoms with Gasteiger partial charge < -0.3 is 14.7 Å². The molecule has 0 saturated carbocycles. The molecule has 5 rings (SSSR count). The van der Waals surface area contributed by atoms with Crippen molar-refractivity contribution < 1.29 is 18.0 Å². The molecular weight excluding hydrogens is 502 g/mol. The summed E-state index contributed by atoms with van der Waals surface area (Å²) in [7, 11) is -3.71. The van der Waals surface area contributed by atoms with Crippen LogP contribution in [0.3, 0.4) is 0 Å². The molecule has 2 aromatic carbocycles. The molecular formula is C28H37N5O4S. The Kier molecular flexibility index (Phi) is 7.63. The van der Waals surface area contributed by atoms with Crippen LogP contribution >= 0.6 is 0 Å². The van der Waals surface area contributed by atoms with Crippen molar-refractivity contribution in [1.82, 2.24) is 9.21 Å². The molecule has 10 heteroatoms. The number of nitrogens with zero attached hydrogens (tertiary/aromatic N) is 5. The second-order valence-corrected chi connectivity index (χ2v) is 12.0. The van der Waals surface area contributed by atoms with Crippen LogP contribution in [-0.4, -0.2) is 87.8 Å². The summed E-state index contributed by atoms with van der Waals surface area (Å²) in [5.74, 6) is -0.232. The molecule has 0 spiro atoms. The zero-order valence-corrected chi connectivity index (χ0v) is 23.1. The smallest absolute Gasteiger partial charge is 0.250 e. The number of sulfonamides is 1. The number of rotatable bonds is 7. The van der Waals surface area contributed by atoms with E-state index < -0.39 is 10.0 Å². The van der Waals surface area contributed by atoms with Crippen molar-refractivity contribution in [2.45, 2.75) is 44.0 Å². The molecule has 3 heterocycles. The number of anilines is 3. The van der Waals surface area contributed by atoms with Gasteiger partial charge in [0.1, 0.15) is 12.6 Å². The molecule has 2 amide bonds. The molecule has 204 valence electrons. The SMILES string of the molecule is CCN(CC)S(=O)(=O)c1ccc2c(c1)N(CC(=O)N1CCN(c3ccccc3)CC1)C(=O)[C@H]1CCCCN21. The highest BCUT2D eigenvalue weighted by atomic mass is 32.2. The summed E-state index contributed by atoms with van der Waals surface area (Å²) >= 11 is 0. The average Bonchev–Trinajstić information content (AvgIpc) is 2.96. The van der Waals surface area contributed by atoms with E-state index in [4.69, 9.17) is 0 Å². The van der Waals surface area contributed by atoms with E-state index in [0.29, 0.717) is 31.9 Å². The minimum absolute atomic E-state index is 0.0870. The van der Waals surface area contributed by atoms with Crippen molar-refractivity contribution in [3.05, 3.63) is 48.5 Å². The van der Waals surface area contributed by atoms with Crippen molar-refractivity contribution in [2.24, 2.45) is 0 Å². The van der Waals surface area contributed by atoms with E-state index in [1.165, 1.54) is 9.21 Å². The average molecular weight is 540 g/mol. The van der Waals surface area contributed by atoms with E-state index >= 15 is 0 Å². The van der Waals surface area contributed by atoms with Gasteiger partial charge in [-0.3, -0.25) is 14.5 Å². The largest absolute Gasteiger partial charge is 0.368 e. The van der Waals surface area contributed by atoms with Crippen LogP contribution in [0.4, 0.5) is 17.1 Å². The summed E-state index contributed by atoms with van der Waals surface area (Å²) in [6.07, 6.45) is 2.67. The summed E-state index contributed by atoms with van der Waals surface area (Å²) in [6, 6.07) is 14.9. The zero-order valence-electron chi connectivity index (χ0n) is 22.3. The highest BCUT2D eigenvalue weighted by molar-refractivity contribution is 7.89. The van der Waals surface area contributed by atoms with Gasteiger partial charge in [0.2, 0.25) is 21.8 Å². The predicted octanol–water partition coefficient (Wildman–Crippen LogP) is 2.77. The van der Waals surface area contributed by atoms with Gasteiger partial charge in [-0.1, -0.05) is 32.0 Å². The molecule has 0 N–H and O–H groups in total. The Hall–Kier alpha value is -3.11. The van der Waals surface area contributed by atoms with E-state index in [1.807, 2.05) is 43.0 Å². The summed E-state index contributed by atoms with van der Waals surface area (Å²) in [5, 5.41) is 0. The first-order valence-corrected chi connectivity index (χ1v) is 15.1. The third-order valence-electron chi connectivity index (χ3n) is 7.99. The molecule has 0 bridgehead atoms. The first-order chi connectivity index (χ1) is 18.3. The number of hydrogen-bond acceptors (Lipinski definition) is 6. The topological polar surface area (TPSA) is 84.5 Å². The summed E-state index contributed by atoms with van der Waals surface area (Å²) in [6.45, 7) is 7.61. The molecule has 9 nitrogen and oxygen atoms in total. The lowest BCUT2D eigenvalue weighted by Gasteiger charge is -2.45. The molecule has 2 fully saturated rings. The van der Waals surface area contributed by atoms with Crippen molar-refractivity contribution in [2.75, 3.05) is 67.1 Å². The minimum Gasteiger partial charge on any atom is -0.368 e. The van der Waals surface area contributed by atoms with E-state index in [2.05, 4.69) is 21.9 Å². The number of carbonyl (C=O) groups excluding carboxylic acids is 2. The third kappa shape index (κ3) is 4.87. The Bertz CT molecular complexity index is 1270. The Morgan fingerprint density at radius 2 is 1.63 bits per heavy atom. The molecule has 0 aromatic heterocycles. The van der Waals surface area contributed by atoms with Gasteiger partial charge in [0, 0.05) is 51.5 Å². The Morgan fingerprint density at radius 3 is 2.32 bits per heavy atom. The number of piperazine rings is 1. The number of fused-ring (bicyclic) bond motifs is 3. The van der Waals surface area contributed by atoms with Crippen molar-refractivity contribution in [1.29, 1.82) is 0 Å². The Morgan fingerprint density at radius 1 is 0.921 bits per heavy atom. The maximum absolute atomic E-state index is 13.7. The number of benzene rings is 2. The standard InChI is InChI=1S/C28H37N5O4S/c1-3-31(4-2)38(36,37)23-13-14-24-26(20-23)33(28(35)25-12-8-9-15-32(24)25)21-27(34)30-18-16-29(17-19-30)22-10-6-5-7-11-22/h5-7,10-11,13-14,20,25H,3-4,8-9,12,15-19,21H2,1-2H3/t25-/m1/s1. The van der Waals surface area contributed by atoms with Gasteiger partial charge in [-0.05, 0) is 49.6 Å². The molecule has 0 aliphatic carbocycles. The summed E-state index contributed by atoms with van der Waals surface area (Å²) in [5.41, 5.74) is 2.48. The molecule has 2 saturated heterocycles. The van der Waals surface area contributed by atoms with Crippen LogP contribution in [0.15, 0.2) is 53.4 Å². The maximum atomic E-state index is 13.7. The number of hydrogen-bond donors (Lipinski definition) is 0. The van der Waals surface area contributed by atoms with Gasteiger partial charge >= 0.3 is 0 Å². The molecule has 38 heavy (non-hydrogen) atoms. The first kappa shape index (κ1) is 26.5. The number of amides is 2. The minimum atomic E-state index is -3.71. The van der Waals surface area contributed by atoms with Gasteiger partial charge in [-0.25, -0.2) is 8.42 Å². The molecule has 0 radical (unpaired) electrons. The second-order valence-electron chi connectivity index (χ2n) is 10.1. The van der Waals surface area contributed by atoms with Crippen LogP contribution in [0.1, 0.15) is 33.1 Å². The molecule has 0 unspecified atom stereocenters. The summed E-state index contributed by atoms with van der Waals surface area (Å²) in [4.78, 5) is 35.1. The zero-order chi connectivity index (χ0) is 26.9. The van der Waals surface area contributed by atoms with Crippen LogP contribution in [-0.2, 0) is 19.6 Å². The fourth-order valence-corrected chi connectivity index (χ4v) is 7.34. The first-order valence-electron chi connectivity index (χ1n) is 13.6. The molecule has 2 aromatic rings. The van der Waals surface area contributed by atoms with Crippen LogP contribution < -0.4 is 14.7 Å². The van der Waals surface area contributed by atoms with Crippen molar-refractivity contribution in [3.8, 4) is 0 Å². The lowest BCUT2D eigenvalue weighted by atomic mass is 9.96. The van der Waals surface area contributed by atoms with E-state index in [9.17, 15) is 18.0 Å². The van der Waals surface area contributed by atoms with Crippen molar-refractivity contribution >= 4 is 38.9 Å². The van der Waals surface area contributed by atoms with Gasteiger partial charge in [0.05, 0.1) is 16.3 Å². The fourth-order valence-electron chi connectivity index (χ4n) is 5.86. The third-order valence-corrected chi connectivity index (χ3v) is 10.0. The number of para-hydroxylation sites is 1. The lowest BCUT2D eigenvalue weighted by molar-refractivity contribution is -0.132. The van der Waals surface area contributed by atoms with Gasteiger partial charge in [-0.15, -0.1) is 0 Å². The van der Waals surface area contributed by atoms with E-state index in [-0.39, 0.29) is 29.3 Å². The van der Waals surface area contributed by atoms with Crippen LogP contribution in [0.2, 0.25) is 0 Å². The number of carbonyl (C=O) groups is 2. The van der Waals surface area contributed by atoms with Gasteiger partial charge in [-0.2, -0.15) is 4.31 Å². The van der Waals surface area contributed by atoms with Crippen LogP contribution in [0, 0.1) is 0 Å². The number of piperidine rings is 1. The van der Waals surface area contributed by atoms with E-state index in [0.717, 1.165) is 50.3 Å². The quantitative estimate of drug-likeness (QED) is 0.538. The Balaban J connectivity index is 1.40. The monoisotopic (exact) mass is 539 g/mol. The molecule has 1 atom stereocenters.